The number of rotatable bonds is 11. The van der Waals surface area contributed by atoms with Crippen molar-refractivity contribution < 1.29 is 19.1 Å². The summed E-state index contributed by atoms with van der Waals surface area (Å²) in [6.07, 6.45) is 7.39. The van der Waals surface area contributed by atoms with Gasteiger partial charge >= 0.3 is 0 Å². The number of carbonyl (C=O) groups excluding carboxylic acids is 3. The van der Waals surface area contributed by atoms with E-state index in [1.165, 1.54) is 29.6 Å². The fourth-order valence-corrected chi connectivity index (χ4v) is 5.46. The summed E-state index contributed by atoms with van der Waals surface area (Å²) in [5.74, 6) is -0.277. The molecule has 250 valence electrons. The molecule has 0 saturated carbocycles. The second-order valence-electron chi connectivity index (χ2n) is 11.1. The van der Waals surface area contributed by atoms with Gasteiger partial charge in [-0.1, -0.05) is 35.3 Å². The van der Waals surface area contributed by atoms with E-state index in [2.05, 4.69) is 20.6 Å². The van der Waals surface area contributed by atoms with E-state index in [4.69, 9.17) is 32.9 Å². The summed E-state index contributed by atoms with van der Waals surface area (Å²) in [4.78, 5) is 54.0. The molecule has 2 aromatic carbocycles. The number of carbonyl (C=O) groups is 3. The normalized spacial score (nSPS) is 11.0. The van der Waals surface area contributed by atoms with Crippen molar-refractivity contribution in [3.8, 4) is 5.75 Å². The van der Waals surface area contributed by atoms with Crippen LogP contribution in [0, 0.1) is 6.92 Å². The molecule has 0 radical (unpaired) electrons. The Morgan fingerprint density at radius 3 is 2.45 bits per heavy atom. The number of amides is 3. The minimum atomic E-state index is -0.482. The predicted octanol–water partition coefficient (Wildman–Crippen LogP) is 6.33. The van der Waals surface area contributed by atoms with Crippen molar-refractivity contribution in [2.45, 2.75) is 13.5 Å². The zero-order chi connectivity index (χ0) is 35.1. The minimum Gasteiger partial charge on any atom is -0.487 e. The summed E-state index contributed by atoms with van der Waals surface area (Å²) in [7, 11) is 5.51. The molecule has 0 unspecified atom stereocenters. The van der Waals surface area contributed by atoms with Gasteiger partial charge in [-0.2, -0.15) is 0 Å². The average Bonchev–Trinajstić information content (AvgIpc) is 3.10. The van der Waals surface area contributed by atoms with E-state index in [1.54, 1.807) is 49.5 Å². The summed E-state index contributed by atoms with van der Waals surface area (Å²) in [5.41, 5.74) is 4.56. The second kappa shape index (κ2) is 15.6. The third kappa shape index (κ3) is 8.50. The number of likely N-dealkylation sites (N-methyl/N-ethyl adjacent to an activating group) is 1. The fourth-order valence-electron chi connectivity index (χ4n) is 4.86. The van der Waals surface area contributed by atoms with E-state index < -0.39 is 11.8 Å². The topological polar surface area (TPSA) is 130 Å². The van der Waals surface area contributed by atoms with Crippen molar-refractivity contribution in [3.63, 3.8) is 0 Å². The van der Waals surface area contributed by atoms with E-state index in [0.717, 1.165) is 16.8 Å². The van der Waals surface area contributed by atoms with Crippen molar-refractivity contribution in [2.24, 2.45) is 0 Å². The Morgan fingerprint density at radius 2 is 1.73 bits per heavy atom. The van der Waals surface area contributed by atoms with Gasteiger partial charge in [0.05, 0.1) is 17.3 Å². The summed E-state index contributed by atoms with van der Waals surface area (Å²) in [6.45, 7) is 1.68. The van der Waals surface area contributed by atoms with Crippen LogP contribution in [0.25, 0.3) is 17.0 Å². The number of pyridine rings is 3. The molecule has 3 heterocycles. The SMILES string of the molecule is Cc1cc(N(C)C)c2cccc(OCc3c(Cl)ccc(N(C)C(=O)CNC(=O)/C=C/c4ccc(NC(=O)c5ccncc5)nc4)c3Cl)c2n1. The number of aromatic nitrogens is 3. The quantitative estimate of drug-likeness (QED) is 0.153. The van der Waals surface area contributed by atoms with E-state index in [1.807, 2.05) is 50.2 Å². The number of para-hydroxylation sites is 1. The number of aryl methyl sites for hydroxylation is 1. The third-order valence-corrected chi connectivity index (χ3v) is 8.25. The Morgan fingerprint density at radius 1 is 0.959 bits per heavy atom. The van der Waals surface area contributed by atoms with Crippen molar-refractivity contribution in [2.75, 3.05) is 42.8 Å². The first kappa shape index (κ1) is 34.8. The third-order valence-electron chi connectivity index (χ3n) is 7.48. The van der Waals surface area contributed by atoms with Gasteiger partial charge in [-0.3, -0.25) is 19.4 Å². The van der Waals surface area contributed by atoms with Gasteiger partial charge in [0, 0.05) is 78.7 Å². The lowest BCUT2D eigenvalue weighted by molar-refractivity contribution is -0.122. The van der Waals surface area contributed by atoms with Crippen LogP contribution in [0.2, 0.25) is 10.0 Å². The molecule has 0 atom stereocenters. The zero-order valence-corrected chi connectivity index (χ0v) is 28.7. The van der Waals surface area contributed by atoms with Crippen molar-refractivity contribution >= 4 is 75.1 Å². The maximum atomic E-state index is 13.0. The van der Waals surface area contributed by atoms with Gasteiger partial charge in [-0.05, 0) is 67.1 Å². The number of nitrogens with one attached hydrogen (secondary N) is 2. The molecule has 2 N–H and O–H groups in total. The predicted molar refractivity (Wildman–Crippen MR) is 193 cm³/mol. The minimum absolute atomic E-state index is 0.0358. The molecule has 49 heavy (non-hydrogen) atoms. The summed E-state index contributed by atoms with van der Waals surface area (Å²) in [6, 6.07) is 17.5. The lowest BCUT2D eigenvalue weighted by atomic mass is 10.1. The highest BCUT2D eigenvalue weighted by Crippen LogP contribution is 2.36. The average molecular weight is 699 g/mol. The van der Waals surface area contributed by atoms with Gasteiger partial charge in [-0.15, -0.1) is 0 Å². The number of ether oxygens (including phenoxy) is 1. The Kier molecular flexibility index (Phi) is 11.1. The van der Waals surface area contributed by atoms with Crippen LogP contribution >= 0.6 is 23.2 Å². The van der Waals surface area contributed by atoms with Crippen molar-refractivity contribution in [3.05, 3.63) is 118 Å². The van der Waals surface area contributed by atoms with Gasteiger partial charge in [0.25, 0.3) is 5.91 Å². The number of nitrogens with zero attached hydrogens (tertiary/aromatic N) is 5. The monoisotopic (exact) mass is 697 g/mol. The molecule has 0 fully saturated rings. The van der Waals surface area contributed by atoms with Crippen LogP contribution in [0.5, 0.6) is 5.75 Å². The molecule has 0 aliphatic heterocycles. The maximum Gasteiger partial charge on any atom is 0.256 e. The molecule has 11 nitrogen and oxygen atoms in total. The van der Waals surface area contributed by atoms with Crippen molar-refractivity contribution in [1.29, 1.82) is 0 Å². The molecule has 0 aliphatic rings. The molecule has 5 rings (SSSR count). The number of halogens is 2. The zero-order valence-electron chi connectivity index (χ0n) is 27.2. The number of fused-ring (bicyclic) bond motifs is 1. The largest absolute Gasteiger partial charge is 0.487 e. The highest BCUT2D eigenvalue weighted by atomic mass is 35.5. The Bertz CT molecular complexity index is 2040. The van der Waals surface area contributed by atoms with Crippen LogP contribution in [0.1, 0.15) is 27.2 Å². The molecule has 0 aliphatic carbocycles. The molecule has 3 amide bonds. The molecular weight excluding hydrogens is 665 g/mol. The van der Waals surface area contributed by atoms with E-state index in [-0.39, 0.29) is 24.1 Å². The van der Waals surface area contributed by atoms with Crippen molar-refractivity contribution in [1.82, 2.24) is 20.3 Å². The van der Waals surface area contributed by atoms with E-state index in [9.17, 15) is 14.4 Å². The number of hydrogen-bond acceptors (Lipinski definition) is 8. The van der Waals surface area contributed by atoms with Crippen LogP contribution < -0.4 is 25.2 Å². The summed E-state index contributed by atoms with van der Waals surface area (Å²) < 4.78 is 6.19. The van der Waals surface area contributed by atoms with Gasteiger partial charge < -0.3 is 25.2 Å². The van der Waals surface area contributed by atoms with Crippen LogP contribution in [0.15, 0.2) is 85.3 Å². The van der Waals surface area contributed by atoms with Gasteiger partial charge in [0.1, 0.15) is 23.7 Å². The molecule has 5 aromatic rings. The highest BCUT2D eigenvalue weighted by molar-refractivity contribution is 6.38. The molecule has 0 bridgehead atoms. The molecule has 0 spiro atoms. The Labute approximate surface area is 293 Å². The highest BCUT2D eigenvalue weighted by Gasteiger charge is 2.20. The fraction of sp³-hybridized carbons (Fsp3) is 0.167. The number of benzene rings is 2. The lowest BCUT2D eigenvalue weighted by Gasteiger charge is -2.21. The van der Waals surface area contributed by atoms with E-state index >= 15 is 0 Å². The molecule has 13 heteroatoms. The van der Waals surface area contributed by atoms with Gasteiger partial charge in [0.2, 0.25) is 11.8 Å². The standard InChI is InChI=1S/C36H33Cl2N7O4/c1-22-18-29(44(2)3)25-6-5-7-30(35(25)42-22)49-21-26-27(37)10-11-28(34(26)38)45(4)33(47)20-41-32(46)13-9-23-8-12-31(40-19-23)43-36(48)24-14-16-39-17-15-24/h5-19H,20-21H2,1-4H3,(H,41,46)(H,40,43,48)/b13-9+. The Hall–Kier alpha value is -5.52. The first-order chi connectivity index (χ1) is 23.5. The number of hydrogen-bond donors (Lipinski definition) is 2. The van der Waals surface area contributed by atoms with Gasteiger partial charge in [-0.25, -0.2) is 9.97 Å². The Balaban J connectivity index is 1.18. The maximum absolute atomic E-state index is 13.0. The number of anilines is 3. The van der Waals surface area contributed by atoms with Crippen LogP contribution in [-0.4, -0.2) is 60.4 Å². The summed E-state index contributed by atoms with van der Waals surface area (Å²) in [5, 5.41) is 6.85. The second-order valence-corrected chi connectivity index (χ2v) is 11.9. The first-order valence-electron chi connectivity index (χ1n) is 15.1. The summed E-state index contributed by atoms with van der Waals surface area (Å²) >= 11 is 13.3. The van der Waals surface area contributed by atoms with E-state index in [0.29, 0.717) is 44.5 Å². The molecule has 0 saturated heterocycles. The smallest absolute Gasteiger partial charge is 0.256 e. The van der Waals surface area contributed by atoms with Crippen LogP contribution in [0.3, 0.4) is 0 Å². The molecule has 3 aromatic heterocycles. The van der Waals surface area contributed by atoms with Crippen LogP contribution in [0.4, 0.5) is 17.2 Å². The lowest BCUT2D eigenvalue weighted by Crippen LogP contribution is -2.37. The van der Waals surface area contributed by atoms with Crippen LogP contribution in [-0.2, 0) is 16.2 Å². The molecular formula is C36H33Cl2N7O4. The first-order valence-corrected chi connectivity index (χ1v) is 15.8. The van der Waals surface area contributed by atoms with Gasteiger partial charge in [0.15, 0.2) is 0 Å².